The maximum absolute atomic E-state index is 5.96. The Kier molecular flexibility index (Phi) is 6.31. The van der Waals surface area contributed by atoms with E-state index in [0.717, 1.165) is 15.7 Å². The number of rotatable bonds is 6. The van der Waals surface area contributed by atoms with Crippen molar-refractivity contribution in [2.75, 3.05) is 26.6 Å². The van der Waals surface area contributed by atoms with E-state index in [9.17, 15) is 0 Å². The molecule has 2 rings (SSSR count). The standard InChI is InChI=1S/C17H20BrN3O3/c1-22-14-7-5-4-6-13(14)21-17(19)20-10-11-8-12(18)16(24-3)15(9-11)23-2/h4-9H,10H2,1-3H3,(H3,19,20,21). The molecule has 24 heavy (non-hydrogen) atoms. The molecule has 3 N–H and O–H groups in total. The number of halogens is 1. The molecule has 0 bridgehead atoms. The number of aliphatic imine (C=N–C) groups is 1. The van der Waals surface area contributed by atoms with Crippen LogP contribution in [-0.4, -0.2) is 27.3 Å². The topological polar surface area (TPSA) is 78.1 Å². The largest absolute Gasteiger partial charge is 0.495 e. The van der Waals surface area contributed by atoms with Gasteiger partial charge in [-0.3, -0.25) is 0 Å². The van der Waals surface area contributed by atoms with Crippen LogP contribution in [0.5, 0.6) is 17.2 Å². The lowest BCUT2D eigenvalue weighted by atomic mass is 10.2. The number of hydrogen-bond donors (Lipinski definition) is 2. The third-order valence-electron chi connectivity index (χ3n) is 3.30. The molecule has 0 aromatic heterocycles. The minimum Gasteiger partial charge on any atom is -0.495 e. The van der Waals surface area contributed by atoms with Gasteiger partial charge in [0.15, 0.2) is 17.5 Å². The third-order valence-corrected chi connectivity index (χ3v) is 3.88. The molecule has 0 aliphatic rings. The second kappa shape index (κ2) is 8.44. The van der Waals surface area contributed by atoms with Crippen molar-refractivity contribution < 1.29 is 14.2 Å². The number of anilines is 1. The number of nitrogens with two attached hydrogens (primary N) is 1. The molecule has 0 saturated heterocycles. The lowest BCUT2D eigenvalue weighted by molar-refractivity contribution is 0.352. The van der Waals surface area contributed by atoms with Gasteiger partial charge < -0.3 is 25.3 Å². The van der Waals surface area contributed by atoms with Crippen molar-refractivity contribution >= 4 is 27.6 Å². The molecule has 0 atom stereocenters. The number of ether oxygens (including phenoxy) is 3. The minimum absolute atomic E-state index is 0.297. The van der Waals surface area contributed by atoms with Crippen LogP contribution in [0.3, 0.4) is 0 Å². The summed E-state index contributed by atoms with van der Waals surface area (Å²) >= 11 is 3.46. The van der Waals surface area contributed by atoms with Gasteiger partial charge in [0, 0.05) is 0 Å². The van der Waals surface area contributed by atoms with Crippen LogP contribution < -0.4 is 25.3 Å². The Morgan fingerprint density at radius 1 is 1.08 bits per heavy atom. The van der Waals surface area contributed by atoms with Crippen LogP contribution >= 0.6 is 15.9 Å². The van der Waals surface area contributed by atoms with E-state index in [4.69, 9.17) is 19.9 Å². The summed E-state index contributed by atoms with van der Waals surface area (Å²) in [6.07, 6.45) is 0. The number of hydrogen-bond acceptors (Lipinski definition) is 4. The molecule has 2 aromatic carbocycles. The number of nitrogens with zero attached hydrogens (tertiary/aromatic N) is 1. The average Bonchev–Trinajstić information content (AvgIpc) is 2.59. The summed E-state index contributed by atoms with van der Waals surface area (Å²) in [7, 11) is 4.79. The van der Waals surface area contributed by atoms with Gasteiger partial charge in [-0.15, -0.1) is 0 Å². The van der Waals surface area contributed by atoms with Crippen molar-refractivity contribution in [3.05, 3.63) is 46.4 Å². The van der Waals surface area contributed by atoms with Gasteiger partial charge in [0.05, 0.1) is 38.0 Å². The van der Waals surface area contributed by atoms with Crippen LogP contribution in [0.25, 0.3) is 0 Å². The zero-order chi connectivity index (χ0) is 17.5. The fourth-order valence-electron chi connectivity index (χ4n) is 2.16. The number of nitrogens with one attached hydrogen (secondary N) is 1. The zero-order valence-electron chi connectivity index (χ0n) is 13.8. The van der Waals surface area contributed by atoms with Gasteiger partial charge in [-0.05, 0) is 45.8 Å². The summed E-state index contributed by atoms with van der Waals surface area (Å²) in [5, 5.41) is 3.03. The normalized spacial score (nSPS) is 11.1. The summed E-state index contributed by atoms with van der Waals surface area (Å²) in [6.45, 7) is 0.396. The quantitative estimate of drug-likeness (QED) is 0.580. The van der Waals surface area contributed by atoms with Crippen molar-refractivity contribution in [1.29, 1.82) is 0 Å². The smallest absolute Gasteiger partial charge is 0.193 e. The van der Waals surface area contributed by atoms with E-state index < -0.39 is 0 Å². The van der Waals surface area contributed by atoms with Gasteiger partial charge in [0.25, 0.3) is 0 Å². The van der Waals surface area contributed by atoms with E-state index in [2.05, 4.69) is 26.2 Å². The van der Waals surface area contributed by atoms with Gasteiger partial charge >= 0.3 is 0 Å². The highest BCUT2D eigenvalue weighted by Gasteiger charge is 2.10. The lowest BCUT2D eigenvalue weighted by Crippen LogP contribution is -2.22. The zero-order valence-corrected chi connectivity index (χ0v) is 15.4. The Morgan fingerprint density at radius 2 is 1.79 bits per heavy atom. The minimum atomic E-state index is 0.297. The van der Waals surface area contributed by atoms with Crippen molar-refractivity contribution in [3.63, 3.8) is 0 Å². The van der Waals surface area contributed by atoms with Gasteiger partial charge in [0.1, 0.15) is 5.75 Å². The highest BCUT2D eigenvalue weighted by molar-refractivity contribution is 9.10. The Morgan fingerprint density at radius 3 is 2.46 bits per heavy atom. The number of methoxy groups -OCH3 is 3. The van der Waals surface area contributed by atoms with Crippen molar-refractivity contribution in [2.24, 2.45) is 10.7 Å². The van der Waals surface area contributed by atoms with Crippen LogP contribution in [0, 0.1) is 0 Å². The Hall–Kier alpha value is -2.41. The summed E-state index contributed by atoms with van der Waals surface area (Å²) in [4.78, 5) is 4.35. The molecule has 0 amide bonds. The molecule has 6 nitrogen and oxygen atoms in total. The number of benzene rings is 2. The number of guanidine groups is 1. The van der Waals surface area contributed by atoms with Gasteiger partial charge in [-0.2, -0.15) is 0 Å². The fourth-order valence-corrected chi connectivity index (χ4v) is 2.82. The lowest BCUT2D eigenvalue weighted by Gasteiger charge is -2.12. The first-order chi connectivity index (χ1) is 11.6. The molecule has 7 heteroatoms. The summed E-state index contributed by atoms with van der Waals surface area (Å²) < 4.78 is 16.7. The number of para-hydroxylation sites is 2. The van der Waals surface area contributed by atoms with Crippen molar-refractivity contribution in [1.82, 2.24) is 0 Å². The second-order valence-corrected chi connectivity index (χ2v) is 5.69. The predicted octanol–water partition coefficient (Wildman–Crippen LogP) is 3.40. The first kappa shape index (κ1) is 17.9. The molecule has 128 valence electrons. The van der Waals surface area contributed by atoms with Crippen LogP contribution in [-0.2, 0) is 6.54 Å². The molecule has 2 aromatic rings. The van der Waals surface area contributed by atoms with Crippen LogP contribution in [0.4, 0.5) is 5.69 Å². The molecule has 0 unspecified atom stereocenters. The molecule has 0 saturated carbocycles. The first-order valence-corrected chi connectivity index (χ1v) is 7.98. The molecule has 0 aliphatic heterocycles. The molecule has 0 heterocycles. The summed E-state index contributed by atoms with van der Waals surface area (Å²) in [5.74, 6) is 2.27. The van der Waals surface area contributed by atoms with E-state index in [0.29, 0.717) is 29.8 Å². The van der Waals surface area contributed by atoms with Crippen LogP contribution in [0.1, 0.15) is 5.56 Å². The monoisotopic (exact) mass is 393 g/mol. The maximum atomic E-state index is 5.96. The van der Waals surface area contributed by atoms with E-state index >= 15 is 0 Å². The SMILES string of the molecule is COc1ccccc1NC(N)=NCc1cc(Br)c(OC)c(OC)c1. The highest BCUT2D eigenvalue weighted by Crippen LogP contribution is 2.36. The van der Waals surface area contributed by atoms with Crippen LogP contribution in [0.15, 0.2) is 45.9 Å². The second-order valence-electron chi connectivity index (χ2n) is 4.84. The summed E-state index contributed by atoms with van der Waals surface area (Å²) in [5.41, 5.74) is 7.65. The molecule has 0 aliphatic carbocycles. The molecular weight excluding hydrogens is 374 g/mol. The molecule has 0 fully saturated rings. The van der Waals surface area contributed by atoms with Crippen molar-refractivity contribution in [3.8, 4) is 17.2 Å². The maximum Gasteiger partial charge on any atom is 0.193 e. The highest BCUT2D eigenvalue weighted by atomic mass is 79.9. The van der Waals surface area contributed by atoms with Gasteiger partial charge in [-0.1, -0.05) is 12.1 Å². The average molecular weight is 394 g/mol. The third kappa shape index (κ3) is 4.32. The van der Waals surface area contributed by atoms with E-state index in [1.54, 1.807) is 21.3 Å². The predicted molar refractivity (Wildman–Crippen MR) is 99.2 cm³/mol. The first-order valence-electron chi connectivity index (χ1n) is 7.19. The van der Waals surface area contributed by atoms with E-state index in [-0.39, 0.29) is 0 Å². The summed E-state index contributed by atoms with van der Waals surface area (Å²) in [6, 6.07) is 11.3. The molecule has 0 spiro atoms. The van der Waals surface area contributed by atoms with Gasteiger partial charge in [-0.25, -0.2) is 4.99 Å². The van der Waals surface area contributed by atoms with E-state index in [1.807, 2.05) is 36.4 Å². The molecule has 0 radical (unpaired) electrons. The Labute approximate surface area is 149 Å². The van der Waals surface area contributed by atoms with E-state index in [1.165, 1.54) is 0 Å². The van der Waals surface area contributed by atoms with Crippen molar-refractivity contribution in [2.45, 2.75) is 6.54 Å². The fraction of sp³-hybridized carbons (Fsp3) is 0.235. The van der Waals surface area contributed by atoms with Gasteiger partial charge in [0.2, 0.25) is 0 Å². The molecular formula is C17H20BrN3O3. The van der Waals surface area contributed by atoms with Crippen LogP contribution in [0.2, 0.25) is 0 Å². The Balaban J connectivity index is 2.14. The Bertz CT molecular complexity index is 735.